The number of likely N-dealkylation sites (N-methyl/N-ethyl adjacent to an activating group) is 1. The molecule has 1 unspecified atom stereocenters. The number of amides is 1. The van der Waals surface area contributed by atoms with E-state index in [-0.39, 0.29) is 25.2 Å². The SMILES string of the molecule is C=C(CCCCOc1cc(COc2cc(/N=C\C3Cc4ccccc4N3C)c(C=O)cc2OC)cc(COc2cc(NC)c(C(=O)N3CCc4ccccc43)cc2OC)c1)OC. The van der Waals surface area contributed by atoms with E-state index in [0.717, 1.165) is 66.5 Å². The molecular weight excluding hydrogens is 785 g/mol. The third kappa shape index (κ3) is 9.81. The van der Waals surface area contributed by atoms with Gasteiger partial charge >= 0.3 is 0 Å². The molecule has 1 atom stereocenters. The number of carbonyl (C=O) groups is 2. The molecule has 5 aromatic rings. The van der Waals surface area contributed by atoms with E-state index in [1.807, 2.05) is 66.7 Å². The Balaban J connectivity index is 1.10. The van der Waals surface area contributed by atoms with Crippen LogP contribution in [0.15, 0.2) is 108 Å². The normalized spacial score (nSPS) is 14.0. The van der Waals surface area contributed by atoms with E-state index < -0.39 is 0 Å². The van der Waals surface area contributed by atoms with E-state index in [9.17, 15) is 9.59 Å². The summed E-state index contributed by atoms with van der Waals surface area (Å²) in [6.07, 6.45) is 6.70. The summed E-state index contributed by atoms with van der Waals surface area (Å²) in [5.41, 5.74) is 8.12. The monoisotopic (exact) mass is 838 g/mol. The Bertz CT molecular complexity index is 2450. The van der Waals surface area contributed by atoms with Gasteiger partial charge in [0.05, 0.1) is 56.7 Å². The zero-order chi connectivity index (χ0) is 43.6. The molecule has 2 heterocycles. The molecule has 322 valence electrons. The highest BCUT2D eigenvalue weighted by molar-refractivity contribution is 6.11. The van der Waals surface area contributed by atoms with Gasteiger partial charge in [-0.05, 0) is 90.4 Å². The number of hydrogen-bond acceptors (Lipinski definition) is 11. The lowest BCUT2D eigenvalue weighted by Gasteiger charge is -2.21. The highest BCUT2D eigenvalue weighted by atomic mass is 16.5. The van der Waals surface area contributed by atoms with Crippen molar-refractivity contribution in [2.75, 3.05) is 63.7 Å². The Hall–Kier alpha value is -6.95. The van der Waals surface area contributed by atoms with Gasteiger partial charge in [0.1, 0.15) is 19.0 Å². The molecule has 0 bridgehead atoms. The zero-order valence-electron chi connectivity index (χ0n) is 36.1. The van der Waals surface area contributed by atoms with Gasteiger partial charge in [0.2, 0.25) is 0 Å². The summed E-state index contributed by atoms with van der Waals surface area (Å²) in [5, 5.41) is 3.18. The second-order valence-electron chi connectivity index (χ2n) is 15.2. The number of unbranched alkanes of at least 4 members (excludes halogenated alkanes) is 1. The zero-order valence-corrected chi connectivity index (χ0v) is 36.1. The topological polar surface area (TPSA) is 120 Å². The summed E-state index contributed by atoms with van der Waals surface area (Å²) in [7, 11) is 8.55. The van der Waals surface area contributed by atoms with Gasteiger partial charge in [-0.1, -0.05) is 43.0 Å². The number of nitrogens with one attached hydrogen (secondary N) is 1. The van der Waals surface area contributed by atoms with Crippen molar-refractivity contribution in [2.45, 2.75) is 51.4 Å². The fourth-order valence-electron chi connectivity index (χ4n) is 7.86. The number of rotatable bonds is 20. The van der Waals surface area contributed by atoms with E-state index in [1.54, 1.807) is 45.5 Å². The molecule has 0 aromatic heterocycles. The number of hydrogen-bond donors (Lipinski definition) is 1. The molecule has 7 rings (SSSR count). The van der Waals surface area contributed by atoms with Crippen LogP contribution >= 0.6 is 0 Å². The minimum Gasteiger partial charge on any atom is -0.502 e. The largest absolute Gasteiger partial charge is 0.502 e. The van der Waals surface area contributed by atoms with Crippen LogP contribution in [0.5, 0.6) is 28.7 Å². The van der Waals surface area contributed by atoms with E-state index in [4.69, 9.17) is 33.4 Å². The van der Waals surface area contributed by atoms with Crippen LogP contribution in [-0.4, -0.2) is 73.0 Å². The molecular formula is C50H54N4O8. The summed E-state index contributed by atoms with van der Waals surface area (Å²) in [6, 6.07) is 29.1. The number of benzene rings is 5. The molecule has 0 saturated carbocycles. The van der Waals surface area contributed by atoms with E-state index in [2.05, 4.69) is 35.0 Å². The lowest BCUT2D eigenvalue weighted by Crippen LogP contribution is -2.29. The second-order valence-corrected chi connectivity index (χ2v) is 15.2. The number of nitrogens with zero attached hydrogens (tertiary/aromatic N) is 3. The molecule has 1 amide bonds. The second kappa shape index (κ2) is 20.1. The van der Waals surface area contributed by atoms with Gasteiger partial charge in [-0.3, -0.25) is 14.6 Å². The van der Waals surface area contributed by atoms with Gasteiger partial charge in [0.25, 0.3) is 5.91 Å². The fourth-order valence-corrected chi connectivity index (χ4v) is 7.86. The number of aldehydes is 1. The molecule has 0 saturated heterocycles. The predicted molar refractivity (Wildman–Crippen MR) is 244 cm³/mol. The van der Waals surface area contributed by atoms with Crippen molar-refractivity contribution in [3.05, 3.63) is 137 Å². The first-order valence-electron chi connectivity index (χ1n) is 20.8. The van der Waals surface area contributed by atoms with Crippen molar-refractivity contribution in [3.63, 3.8) is 0 Å². The summed E-state index contributed by atoms with van der Waals surface area (Å²) >= 11 is 0. The van der Waals surface area contributed by atoms with E-state index in [0.29, 0.717) is 64.4 Å². The van der Waals surface area contributed by atoms with E-state index in [1.165, 1.54) is 18.4 Å². The molecule has 12 heteroatoms. The molecule has 2 aliphatic rings. The number of anilines is 3. The fraction of sp³-hybridized carbons (Fsp3) is 0.300. The van der Waals surface area contributed by atoms with Crippen molar-refractivity contribution in [3.8, 4) is 28.7 Å². The van der Waals surface area contributed by atoms with Crippen LogP contribution in [0.1, 0.15) is 62.2 Å². The summed E-state index contributed by atoms with van der Waals surface area (Å²) in [5.74, 6) is 3.02. The molecule has 5 aromatic carbocycles. The predicted octanol–water partition coefficient (Wildman–Crippen LogP) is 9.39. The number of aliphatic imine (C=N–C) groups is 1. The summed E-state index contributed by atoms with van der Waals surface area (Å²) in [6.45, 7) is 5.33. The molecule has 0 spiro atoms. The third-order valence-corrected chi connectivity index (χ3v) is 11.3. The van der Waals surface area contributed by atoms with Crippen LogP contribution in [0.4, 0.5) is 22.7 Å². The van der Waals surface area contributed by atoms with Crippen LogP contribution in [0.25, 0.3) is 0 Å². The first kappa shape index (κ1) is 43.1. The molecule has 0 radical (unpaired) electrons. The maximum atomic E-state index is 13.9. The molecule has 1 N–H and O–H groups in total. The lowest BCUT2D eigenvalue weighted by molar-refractivity contribution is 0.0989. The van der Waals surface area contributed by atoms with Crippen molar-refractivity contribution in [1.29, 1.82) is 0 Å². The molecule has 62 heavy (non-hydrogen) atoms. The molecule has 0 aliphatic carbocycles. The number of methoxy groups -OCH3 is 3. The molecule has 12 nitrogen and oxygen atoms in total. The highest BCUT2D eigenvalue weighted by Gasteiger charge is 2.28. The Kier molecular flexibility index (Phi) is 14.0. The standard InChI is InChI=1S/C50H54N4O8/c1-33(57-4)13-11-12-20-60-40-22-34(31-61-48-27-42(38(30-55)25-46(48)58-5)52-29-39-24-37-15-8-9-16-44(37)53(39)3)21-35(23-40)32-62-49-28-43(51-2)41(26-47(49)59-6)50(56)54-19-18-36-14-7-10-17-45(36)54/h7-10,14-17,21-23,25-30,39,51H,1,11-13,18-20,24,31-32H2,2-6H3/b52-29-. The smallest absolute Gasteiger partial charge is 0.260 e. The quantitative estimate of drug-likeness (QED) is 0.0352. The van der Waals surface area contributed by atoms with Gasteiger partial charge in [-0.2, -0.15) is 0 Å². The van der Waals surface area contributed by atoms with Gasteiger partial charge in [-0.25, -0.2) is 0 Å². The van der Waals surface area contributed by atoms with Gasteiger partial charge < -0.3 is 43.5 Å². The Morgan fingerprint density at radius 1 is 0.823 bits per heavy atom. The Morgan fingerprint density at radius 2 is 1.50 bits per heavy atom. The number of fused-ring (bicyclic) bond motifs is 2. The first-order chi connectivity index (χ1) is 30.2. The average molecular weight is 839 g/mol. The number of ether oxygens (including phenoxy) is 6. The number of carbonyl (C=O) groups excluding carboxylic acids is 2. The van der Waals surface area contributed by atoms with Crippen LogP contribution in [0, 0.1) is 0 Å². The van der Waals surface area contributed by atoms with Gasteiger partial charge in [-0.15, -0.1) is 0 Å². The van der Waals surface area contributed by atoms with Crippen LogP contribution in [0.2, 0.25) is 0 Å². The van der Waals surface area contributed by atoms with Crippen LogP contribution in [-0.2, 0) is 30.8 Å². The van der Waals surface area contributed by atoms with Crippen LogP contribution < -0.4 is 38.8 Å². The van der Waals surface area contributed by atoms with Crippen LogP contribution in [0.3, 0.4) is 0 Å². The average Bonchev–Trinajstić information content (AvgIpc) is 3.89. The molecule has 2 aliphatic heterocycles. The van der Waals surface area contributed by atoms with Gasteiger partial charge in [0, 0.05) is 62.3 Å². The Morgan fingerprint density at radius 3 is 2.18 bits per heavy atom. The Labute approximate surface area is 363 Å². The number of allylic oxidation sites excluding steroid dienone is 1. The maximum absolute atomic E-state index is 13.9. The van der Waals surface area contributed by atoms with Gasteiger partial charge in [0.15, 0.2) is 29.3 Å². The third-order valence-electron chi connectivity index (χ3n) is 11.3. The van der Waals surface area contributed by atoms with Crippen molar-refractivity contribution < 1.29 is 38.0 Å². The first-order valence-corrected chi connectivity index (χ1v) is 20.8. The maximum Gasteiger partial charge on any atom is 0.260 e. The highest BCUT2D eigenvalue weighted by Crippen LogP contribution is 2.39. The minimum absolute atomic E-state index is 0.0406. The van der Waals surface area contributed by atoms with Crippen molar-refractivity contribution in [2.24, 2.45) is 4.99 Å². The summed E-state index contributed by atoms with van der Waals surface area (Å²) < 4.78 is 35.8. The van der Waals surface area contributed by atoms with Crippen molar-refractivity contribution >= 4 is 41.2 Å². The summed E-state index contributed by atoms with van der Waals surface area (Å²) in [4.78, 5) is 34.9. The number of para-hydroxylation sites is 2. The molecule has 0 fully saturated rings. The lowest BCUT2D eigenvalue weighted by atomic mass is 10.1. The van der Waals surface area contributed by atoms with Crippen molar-refractivity contribution in [1.82, 2.24) is 0 Å². The van der Waals surface area contributed by atoms with E-state index >= 15 is 0 Å². The minimum atomic E-state index is -0.117.